The van der Waals surface area contributed by atoms with E-state index in [4.69, 9.17) is 0 Å². The highest BCUT2D eigenvalue weighted by molar-refractivity contribution is 7.89. The first kappa shape index (κ1) is 15.7. The second-order valence-electron chi connectivity index (χ2n) is 5.11. The molecule has 8 heteroatoms. The van der Waals surface area contributed by atoms with E-state index in [9.17, 15) is 8.42 Å². The van der Waals surface area contributed by atoms with Gasteiger partial charge < -0.3 is 0 Å². The molecule has 2 rings (SSSR count). The van der Waals surface area contributed by atoms with Crippen LogP contribution >= 0.6 is 0 Å². The highest BCUT2D eigenvalue weighted by Gasteiger charge is 2.23. The largest absolute Gasteiger partial charge is 0.275 e. The molecule has 2 aromatic heterocycles. The lowest BCUT2D eigenvalue weighted by Crippen LogP contribution is -2.26. The number of rotatable bonds is 6. The molecule has 0 aliphatic heterocycles. The fourth-order valence-electron chi connectivity index (χ4n) is 2.14. The first-order chi connectivity index (χ1) is 9.84. The molecule has 2 aromatic rings. The zero-order chi connectivity index (χ0) is 15.6. The van der Waals surface area contributed by atoms with Gasteiger partial charge in [0.05, 0.1) is 11.9 Å². The van der Waals surface area contributed by atoms with Crippen LogP contribution in [0.15, 0.2) is 23.5 Å². The van der Waals surface area contributed by atoms with Gasteiger partial charge in [-0.15, -0.1) is 0 Å². The average molecular weight is 311 g/mol. The number of nitrogens with zero attached hydrogens (tertiary/aromatic N) is 5. The van der Waals surface area contributed by atoms with Crippen LogP contribution in [0.3, 0.4) is 0 Å². The van der Waals surface area contributed by atoms with E-state index in [2.05, 4.69) is 10.2 Å². The van der Waals surface area contributed by atoms with E-state index in [1.807, 2.05) is 27.1 Å². The highest BCUT2D eigenvalue weighted by Crippen LogP contribution is 2.17. The summed E-state index contributed by atoms with van der Waals surface area (Å²) in [6.07, 6.45) is 5.72. The number of sulfonamides is 1. The van der Waals surface area contributed by atoms with Gasteiger partial charge in [-0.2, -0.15) is 14.5 Å². The Morgan fingerprint density at radius 2 is 2.05 bits per heavy atom. The van der Waals surface area contributed by atoms with Crippen molar-refractivity contribution < 1.29 is 8.42 Å². The molecule has 7 nitrogen and oxygen atoms in total. The maximum absolute atomic E-state index is 12.5. The van der Waals surface area contributed by atoms with Crippen molar-refractivity contribution >= 4 is 10.0 Å². The van der Waals surface area contributed by atoms with Gasteiger partial charge in [0.2, 0.25) is 10.0 Å². The van der Waals surface area contributed by atoms with Gasteiger partial charge in [0.1, 0.15) is 4.90 Å². The van der Waals surface area contributed by atoms with Gasteiger partial charge in [-0.3, -0.25) is 9.36 Å². The molecule has 116 valence electrons. The molecule has 0 radical (unpaired) electrons. The number of hydrogen-bond donors (Lipinski definition) is 0. The molecule has 0 aliphatic rings. The molecule has 0 aliphatic carbocycles. The zero-order valence-corrected chi connectivity index (χ0v) is 13.6. The number of aromatic nitrogens is 4. The molecular weight excluding hydrogens is 290 g/mol. The zero-order valence-electron chi connectivity index (χ0n) is 12.8. The first-order valence-electron chi connectivity index (χ1n) is 6.82. The van der Waals surface area contributed by atoms with Crippen LogP contribution in [-0.4, -0.2) is 39.3 Å². The molecule has 0 aromatic carbocycles. The summed E-state index contributed by atoms with van der Waals surface area (Å²) in [7, 11) is -0.142. The molecule has 21 heavy (non-hydrogen) atoms. The lowest BCUT2D eigenvalue weighted by molar-refractivity contribution is 0.465. The van der Waals surface area contributed by atoms with Crippen molar-refractivity contribution in [2.45, 2.75) is 38.3 Å². The predicted molar refractivity (Wildman–Crippen MR) is 79.1 cm³/mol. The molecule has 2 heterocycles. The SMILES string of the molecule is CCCn1cc(S(=O)(=O)N(C)Cc2cn(C)nc2C)cn1. The second kappa shape index (κ2) is 5.98. The van der Waals surface area contributed by atoms with Crippen molar-refractivity contribution in [3.05, 3.63) is 29.8 Å². The van der Waals surface area contributed by atoms with Crippen LogP contribution in [-0.2, 0) is 30.2 Å². The maximum atomic E-state index is 12.5. The summed E-state index contributed by atoms with van der Waals surface area (Å²) in [5.74, 6) is 0. The van der Waals surface area contributed by atoms with E-state index >= 15 is 0 Å². The van der Waals surface area contributed by atoms with E-state index in [-0.39, 0.29) is 4.90 Å². The minimum Gasteiger partial charge on any atom is -0.275 e. The first-order valence-corrected chi connectivity index (χ1v) is 8.26. The summed E-state index contributed by atoms with van der Waals surface area (Å²) < 4.78 is 29.7. The van der Waals surface area contributed by atoms with E-state index in [1.54, 1.807) is 22.6 Å². The minimum absolute atomic E-state index is 0.222. The quantitative estimate of drug-likeness (QED) is 0.802. The van der Waals surface area contributed by atoms with Crippen LogP contribution < -0.4 is 0 Å². The topological polar surface area (TPSA) is 73.0 Å². The van der Waals surface area contributed by atoms with Gasteiger partial charge in [-0.05, 0) is 13.3 Å². The number of aryl methyl sites for hydroxylation is 3. The van der Waals surface area contributed by atoms with Gasteiger partial charge in [0.15, 0.2) is 0 Å². The Hall–Kier alpha value is -1.67. The maximum Gasteiger partial charge on any atom is 0.246 e. The molecule has 0 saturated carbocycles. The molecule has 0 atom stereocenters. The predicted octanol–water partition coefficient (Wildman–Crippen LogP) is 1.16. The molecule has 0 fully saturated rings. The van der Waals surface area contributed by atoms with Gasteiger partial charge in [0, 0.05) is 45.1 Å². The third kappa shape index (κ3) is 3.33. The van der Waals surface area contributed by atoms with Crippen molar-refractivity contribution in [1.82, 2.24) is 23.9 Å². The van der Waals surface area contributed by atoms with Gasteiger partial charge in [-0.25, -0.2) is 8.42 Å². The minimum atomic E-state index is -3.53. The Balaban J connectivity index is 2.19. The average Bonchev–Trinajstić information content (AvgIpc) is 2.98. The van der Waals surface area contributed by atoms with E-state index in [0.29, 0.717) is 13.1 Å². The van der Waals surface area contributed by atoms with Gasteiger partial charge in [0.25, 0.3) is 0 Å². The third-order valence-electron chi connectivity index (χ3n) is 3.28. The smallest absolute Gasteiger partial charge is 0.246 e. The van der Waals surface area contributed by atoms with Crippen LogP contribution in [0.5, 0.6) is 0 Å². The highest BCUT2D eigenvalue weighted by atomic mass is 32.2. The molecular formula is C13H21N5O2S. The van der Waals surface area contributed by atoms with Crippen molar-refractivity contribution in [1.29, 1.82) is 0 Å². The summed E-state index contributed by atoms with van der Waals surface area (Å²) in [4.78, 5) is 0.222. The second-order valence-corrected chi connectivity index (χ2v) is 7.16. The lowest BCUT2D eigenvalue weighted by Gasteiger charge is -2.15. The molecule has 0 saturated heterocycles. The fourth-order valence-corrected chi connectivity index (χ4v) is 3.24. The fraction of sp³-hybridized carbons (Fsp3) is 0.538. The van der Waals surface area contributed by atoms with Gasteiger partial charge >= 0.3 is 0 Å². The Bertz CT molecular complexity index is 717. The third-order valence-corrected chi connectivity index (χ3v) is 5.03. The Morgan fingerprint density at radius 1 is 1.33 bits per heavy atom. The Morgan fingerprint density at radius 3 is 2.62 bits per heavy atom. The van der Waals surface area contributed by atoms with Gasteiger partial charge in [-0.1, -0.05) is 6.92 Å². The molecule has 0 amide bonds. The molecule has 0 N–H and O–H groups in total. The van der Waals surface area contributed by atoms with Crippen molar-refractivity contribution in [2.75, 3.05) is 7.05 Å². The van der Waals surface area contributed by atoms with Crippen LogP contribution in [0.4, 0.5) is 0 Å². The number of hydrogen-bond acceptors (Lipinski definition) is 4. The van der Waals surface area contributed by atoms with Crippen molar-refractivity contribution in [2.24, 2.45) is 7.05 Å². The molecule has 0 bridgehead atoms. The summed E-state index contributed by atoms with van der Waals surface area (Å²) in [6, 6.07) is 0. The van der Waals surface area contributed by atoms with E-state index in [0.717, 1.165) is 17.7 Å². The lowest BCUT2D eigenvalue weighted by atomic mass is 10.3. The van der Waals surface area contributed by atoms with E-state index < -0.39 is 10.0 Å². The van der Waals surface area contributed by atoms with Crippen LogP contribution in [0.1, 0.15) is 24.6 Å². The van der Waals surface area contributed by atoms with Crippen LogP contribution in [0.25, 0.3) is 0 Å². The van der Waals surface area contributed by atoms with Crippen LogP contribution in [0, 0.1) is 6.92 Å². The van der Waals surface area contributed by atoms with E-state index in [1.165, 1.54) is 10.5 Å². The van der Waals surface area contributed by atoms with Crippen molar-refractivity contribution in [3.8, 4) is 0 Å². The summed E-state index contributed by atoms with van der Waals surface area (Å²) in [5, 5.41) is 8.30. The standard InChI is InChI=1S/C13H21N5O2S/c1-5-6-18-10-13(7-14-18)21(19,20)17(4)9-12-8-16(3)15-11(12)2/h7-8,10H,5-6,9H2,1-4H3. The summed E-state index contributed by atoms with van der Waals surface area (Å²) >= 11 is 0. The van der Waals surface area contributed by atoms with Crippen molar-refractivity contribution in [3.63, 3.8) is 0 Å². The Kier molecular flexibility index (Phi) is 4.48. The summed E-state index contributed by atoms with van der Waals surface area (Å²) in [6.45, 7) is 4.89. The van der Waals surface area contributed by atoms with Crippen LogP contribution in [0.2, 0.25) is 0 Å². The normalized spacial score (nSPS) is 12.2. The Labute approximate surface area is 125 Å². The summed E-state index contributed by atoms with van der Waals surface area (Å²) in [5.41, 5.74) is 1.73. The molecule has 0 spiro atoms. The molecule has 0 unspecified atom stereocenters. The monoisotopic (exact) mass is 311 g/mol.